The molecule has 0 bridgehead atoms. The van der Waals surface area contributed by atoms with Crippen LogP contribution in [0.2, 0.25) is 0 Å². The minimum Gasteiger partial charge on any atom is -0.378 e. The SMILES string of the molecule is CCC1CCCCC1OCCC(C)(C#N)NC. The molecule has 1 N–H and O–H groups in total. The topological polar surface area (TPSA) is 45.0 Å². The smallest absolute Gasteiger partial charge is 0.105 e. The first-order chi connectivity index (χ1) is 8.15. The van der Waals surface area contributed by atoms with Gasteiger partial charge in [-0.25, -0.2) is 0 Å². The Balaban J connectivity index is 2.32. The molecule has 0 amide bonds. The van der Waals surface area contributed by atoms with Crippen molar-refractivity contribution in [1.29, 1.82) is 5.26 Å². The Morgan fingerprint density at radius 3 is 2.71 bits per heavy atom. The van der Waals surface area contributed by atoms with Crippen molar-refractivity contribution in [3.8, 4) is 6.07 Å². The molecule has 0 aromatic heterocycles. The van der Waals surface area contributed by atoms with Gasteiger partial charge in [-0.05, 0) is 32.7 Å². The molecule has 1 fully saturated rings. The summed E-state index contributed by atoms with van der Waals surface area (Å²) in [5.74, 6) is 0.728. The molecule has 0 radical (unpaired) electrons. The Hall–Kier alpha value is -0.590. The third-order valence-electron chi connectivity index (χ3n) is 4.10. The molecule has 17 heavy (non-hydrogen) atoms. The molecule has 1 saturated carbocycles. The van der Waals surface area contributed by atoms with Crippen LogP contribution in [0.15, 0.2) is 0 Å². The number of nitriles is 1. The highest BCUT2D eigenvalue weighted by molar-refractivity contribution is 5.02. The van der Waals surface area contributed by atoms with Gasteiger partial charge in [-0.3, -0.25) is 0 Å². The van der Waals surface area contributed by atoms with E-state index >= 15 is 0 Å². The van der Waals surface area contributed by atoms with Crippen LogP contribution in [-0.2, 0) is 4.74 Å². The largest absolute Gasteiger partial charge is 0.378 e. The van der Waals surface area contributed by atoms with E-state index in [1.807, 2.05) is 14.0 Å². The van der Waals surface area contributed by atoms with Crippen LogP contribution in [0.25, 0.3) is 0 Å². The normalized spacial score (nSPS) is 28.4. The van der Waals surface area contributed by atoms with Crippen molar-refractivity contribution in [2.24, 2.45) is 5.92 Å². The summed E-state index contributed by atoms with van der Waals surface area (Å²) in [6, 6.07) is 2.30. The van der Waals surface area contributed by atoms with Gasteiger partial charge in [-0.2, -0.15) is 5.26 Å². The molecule has 1 rings (SSSR count). The standard InChI is InChI=1S/C14H26N2O/c1-4-12-7-5-6-8-13(12)17-10-9-14(2,11-15)16-3/h12-13,16H,4-10H2,1-3H3. The van der Waals surface area contributed by atoms with E-state index in [4.69, 9.17) is 10.00 Å². The highest BCUT2D eigenvalue weighted by atomic mass is 16.5. The predicted octanol–water partition coefficient (Wildman–Crippen LogP) is 2.86. The Morgan fingerprint density at radius 2 is 2.12 bits per heavy atom. The molecule has 0 aliphatic heterocycles. The highest BCUT2D eigenvalue weighted by Crippen LogP contribution is 2.29. The van der Waals surface area contributed by atoms with Gasteiger partial charge in [0.2, 0.25) is 0 Å². The van der Waals surface area contributed by atoms with Gasteiger partial charge in [0.05, 0.1) is 12.2 Å². The average molecular weight is 238 g/mol. The fourth-order valence-corrected chi connectivity index (χ4v) is 2.51. The van der Waals surface area contributed by atoms with Gasteiger partial charge in [0, 0.05) is 13.0 Å². The molecular weight excluding hydrogens is 212 g/mol. The van der Waals surface area contributed by atoms with Crippen molar-refractivity contribution in [2.45, 2.75) is 64.0 Å². The zero-order valence-corrected chi connectivity index (χ0v) is 11.5. The second-order valence-corrected chi connectivity index (χ2v) is 5.31. The second-order valence-electron chi connectivity index (χ2n) is 5.31. The van der Waals surface area contributed by atoms with Gasteiger partial charge in [0.25, 0.3) is 0 Å². The third kappa shape index (κ3) is 4.29. The summed E-state index contributed by atoms with van der Waals surface area (Å²) in [7, 11) is 1.83. The van der Waals surface area contributed by atoms with Crippen LogP contribution < -0.4 is 5.32 Å². The summed E-state index contributed by atoms with van der Waals surface area (Å²) >= 11 is 0. The van der Waals surface area contributed by atoms with Crippen molar-refractivity contribution in [1.82, 2.24) is 5.32 Å². The summed E-state index contributed by atoms with van der Waals surface area (Å²) in [5, 5.41) is 12.1. The third-order valence-corrected chi connectivity index (χ3v) is 4.10. The van der Waals surface area contributed by atoms with E-state index in [1.54, 1.807) is 0 Å². The second kappa shape index (κ2) is 6.98. The quantitative estimate of drug-likeness (QED) is 0.774. The zero-order chi connectivity index (χ0) is 12.7. The van der Waals surface area contributed by atoms with Crippen LogP contribution in [0.5, 0.6) is 0 Å². The van der Waals surface area contributed by atoms with E-state index in [0.717, 1.165) is 12.3 Å². The summed E-state index contributed by atoms with van der Waals surface area (Å²) in [4.78, 5) is 0. The maximum Gasteiger partial charge on any atom is 0.105 e. The van der Waals surface area contributed by atoms with E-state index in [9.17, 15) is 0 Å². The van der Waals surface area contributed by atoms with E-state index in [2.05, 4.69) is 18.3 Å². The lowest BCUT2D eigenvalue weighted by Crippen LogP contribution is -2.40. The van der Waals surface area contributed by atoms with Gasteiger partial charge < -0.3 is 10.1 Å². The lowest BCUT2D eigenvalue weighted by molar-refractivity contribution is -0.0171. The maximum atomic E-state index is 9.05. The molecule has 1 aliphatic rings. The van der Waals surface area contributed by atoms with Crippen molar-refractivity contribution in [3.63, 3.8) is 0 Å². The molecule has 0 aromatic rings. The number of hydrogen-bond donors (Lipinski definition) is 1. The number of hydrogen-bond acceptors (Lipinski definition) is 3. The first-order valence-corrected chi connectivity index (χ1v) is 6.87. The van der Waals surface area contributed by atoms with E-state index in [-0.39, 0.29) is 0 Å². The van der Waals surface area contributed by atoms with Crippen LogP contribution in [0.1, 0.15) is 52.4 Å². The predicted molar refractivity (Wildman–Crippen MR) is 69.7 cm³/mol. The number of ether oxygens (including phenoxy) is 1. The molecule has 1 aliphatic carbocycles. The summed E-state index contributed by atoms with van der Waals surface area (Å²) in [6.45, 7) is 4.86. The van der Waals surface area contributed by atoms with Crippen LogP contribution in [0.4, 0.5) is 0 Å². The molecular formula is C14H26N2O. The summed E-state index contributed by atoms with van der Waals surface area (Å²) < 4.78 is 5.99. The van der Waals surface area contributed by atoms with Gasteiger partial charge in [-0.15, -0.1) is 0 Å². The Kier molecular flexibility index (Phi) is 5.94. The monoisotopic (exact) mass is 238 g/mol. The molecule has 3 unspecified atom stereocenters. The molecule has 3 heteroatoms. The lowest BCUT2D eigenvalue weighted by atomic mass is 9.85. The molecule has 0 spiro atoms. The lowest BCUT2D eigenvalue weighted by Gasteiger charge is -2.31. The van der Waals surface area contributed by atoms with E-state index < -0.39 is 5.54 Å². The molecule has 0 saturated heterocycles. The Morgan fingerprint density at radius 1 is 1.41 bits per heavy atom. The zero-order valence-electron chi connectivity index (χ0n) is 11.5. The first-order valence-electron chi connectivity index (χ1n) is 6.87. The average Bonchev–Trinajstić information content (AvgIpc) is 2.39. The fourth-order valence-electron chi connectivity index (χ4n) is 2.51. The van der Waals surface area contributed by atoms with Crippen molar-refractivity contribution in [3.05, 3.63) is 0 Å². The molecule has 3 atom stereocenters. The number of nitrogens with zero attached hydrogens (tertiary/aromatic N) is 1. The summed E-state index contributed by atoms with van der Waals surface area (Å²) in [5.41, 5.74) is -0.448. The molecule has 3 nitrogen and oxygen atoms in total. The van der Waals surface area contributed by atoms with E-state index in [0.29, 0.717) is 12.7 Å². The maximum absolute atomic E-state index is 9.05. The number of rotatable bonds is 6. The number of nitrogens with one attached hydrogen (secondary N) is 1. The summed E-state index contributed by atoms with van der Waals surface area (Å²) in [6.07, 6.45) is 7.55. The first kappa shape index (κ1) is 14.5. The Labute approximate surface area is 106 Å². The van der Waals surface area contributed by atoms with Crippen LogP contribution >= 0.6 is 0 Å². The van der Waals surface area contributed by atoms with E-state index in [1.165, 1.54) is 32.1 Å². The van der Waals surface area contributed by atoms with Crippen molar-refractivity contribution >= 4 is 0 Å². The van der Waals surface area contributed by atoms with Crippen LogP contribution in [0.3, 0.4) is 0 Å². The van der Waals surface area contributed by atoms with Crippen LogP contribution in [0, 0.1) is 17.2 Å². The van der Waals surface area contributed by atoms with Crippen molar-refractivity contribution in [2.75, 3.05) is 13.7 Å². The van der Waals surface area contributed by atoms with Gasteiger partial charge >= 0.3 is 0 Å². The minimum absolute atomic E-state index is 0.425. The fraction of sp³-hybridized carbons (Fsp3) is 0.929. The van der Waals surface area contributed by atoms with Gasteiger partial charge in [0.1, 0.15) is 5.54 Å². The van der Waals surface area contributed by atoms with Crippen molar-refractivity contribution < 1.29 is 4.74 Å². The molecule has 98 valence electrons. The Bertz CT molecular complexity index is 261. The van der Waals surface area contributed by atoms with Crippen LogP contribution in [-0.4, -0.2) is 25.3 Å². The molecule has 0 heterocycles. The van der Waals surface area contributed by atoms with Gasteiger partial charge in [0.15, 0.2) is 0 Å². The van der Waals surface area contributed by atoms with Gasteiger partial charge in [-0.1, -0.05) is 26.2 Å². The molecule has 0 aromatic carbocycles. The highest BCUT2D eigenvalue weighted by Gasteiger charge is 2.26. The minimum atomic E-state index is -0.448.